The Kier molecular flexibility index (Phi) is 12.0. The monoisotopic (exact) mass is 466 g/mol. The number of ether oxygens (including phenoxy) is 1. The summed E-state index contributed by atoms with van der Waals surface area (Å²) in [5.74, 6) is 0.765. The van der Waals surface area contributed by atoms with Crippen LogP contribution in [-0.2, 0) is 4.74 Å². The van der Waals surface area contributed by atoms with Gasteiger partial charge in [-0.25, -0.2) is 0 Å². The Labute approximate surface area is 160 Å². The average Bonchev–Trinajstić information content (AvgIpc) is 2.53. The molecule has 1 N–H and O–H groups in total. The SMILES string of the molecule is CCOCCCCNC(=NC)N1CCN(C(C)C(F)(F)F)CC1.I. The van der Waals surface area contributed by atoms with Crippen LogP contribution in [0, 0.1) is 0 Å². The van der Waals surface area contributed by atoms with E-state index in [0.29, 0.717) is 26.2 Å². The van der Waals surface area contributed by atoms with E-state index in [0.717, 1.165) is 38.6 Å². The molecule has 9 heteroatoms. The van der Waals surface area contributed by atoms with Gasteiger partial charge in [0.1, 0.15) is 6.04 Å². The van der Waals surface area contributed by atoms with Crippen LogP contribution in [0.25, 0.3) is 0 Å². The first-order valence-electron chi connectivity index (χ1n) is 8.24. The maximum absolute atomic E-state index is 12.7. The third-order valence-electron chi connectivity index (χ3n) is 4.05. The van der Waals surface area contributed by atoms with Crippen molar-refractivity contribution in [1.29, 1.82) is 0 Å². The summed E-state index contributed by atoms with van der Waals surface area (Å²) in [5, 5.41) is 3.27. The number of nitrogens with one attached hydrogen (secondary N) is 1. The molecular weight excluding hydrogens is 436 g/mol. The van der Waals surface area contributed by atoms with Gasteiger partial charge in [0.25, 0.3) is 0 Å². The van der Waals surface area contributed by atoms with Crippen LogP contribution in [-0.4, -0.2) is 81.0 Å². The molecule has 1 fully saturated rings. The van der Waals surface area contributed by atoms with Gasteiger partial charge in [-0.3, -0.25) is 9.89 Å². The Morgan fingerprint density at radius 3 is 2.33 bits per heavy atom. The first kappa shape index (κ1) is 23.7. The topological polar surface area (TPSA) is 40.1 Å². The third-order valence-corrected chi connectivity index (χ3v) is 4.05. The summed E-state index contributed by atoms with van der Waals surface area (Å²) in [6.45, 7) is 7.37. The van der Waals surface area contributed by atoms with Gasteiger partial charge in [0, 0.05) is 53.0 Å². The molecule has 0 aromatic carbocycles. The van der Waals surface area contributed by atoms with Crippen molar-refractivity contribution in [3.63, 3.8) is 0 Å². The summed E-state index contributed by atoms with van der Waals surface area (Å²) < 4.78 is 43.5. The van der Waals surface area contributed by atoms with Crippen molar-refractivity contribution in [2.45, 2.75) is 38.9 Å². The Morgan fingerprint density at radius 1 is 1.21 bits per heavy atom. The molecule has 1 atom stereocenters. The number of nitrogens with zero attached hydrogens (tertiary/aromatic N) is 3. The number of piperazine rings is 1. The van der Waals surface area contributed by atoms with Crippen LogP contribution in [0.15, 0.2) is 4.99 Å². The van der Waals surface area contributed by atoms with Crippen LogP contribution in [0.3, 0.4) is 0 Å². The molecule has 1 aliphatic heterocycles. The number of hydrogen-bond acceptors (Lipinski definition) is 3. The molecule has 1 rings (SSSR count). The highest BCUT2D eigenvalue weighted by atomic mass is 127. The second-order valence-electron chi connectivity index (χ2n) is 5.62. The third kappa shape index (κ3) is 8.19. The van der Waals surface area contributed by atoms with Gasteiger partial charge < -0.3 is 15.0 Å². The van der Waals surface area contributed by atoms with Gasteiger partial charge in [0.05, 0.1) is 0 Å². The predicted molar refractivity (Wildman–Crippen MR) is 101 cm³/mol. The minimum atomic E-state index is -4.16. The number of halogens is 4. The molecule has 0 aromatic rings. The van der Waals surface area contributed by atoms with Crippen LogP contribution in [0.1, 0.15) is 26.7 Å². The fourth-order valence-corrected chi connectivity index (χ4v) is 2.53. The standard InChI is InChI=1S/C15H29F3N4O.HI/c1-4-23-12-6-5-7-20-14(19-3)22-10-8-21(9-11-22)13(2)15(16,17)18;/h13H,4-12H2,1-3H3,(H,19,20);1H. The van der Waals surface area contributed by atoms with Crippen molar-refractivity contribution in [1.82, 2.24) is 15.1 Å². The predicted octanol–water partition coefficient (Wildman–Crippen LogP) is 2.56. The maximum atomic E-state index is 12.7. The molecule has 24 heavy (non-hydrogen) atoms. The van der Waals surface area contributed by atoms with Gasteiger partial charge in [0.15, 0.2) is 5.96 Å². The lowest BCUT2D eigenvalue weighted by Gasteiger charge is -2.39. The summed E-state index contributed by atoms with van der Waals surface area (Å²) >= 11 is 0. The molecule has 0 aliphatic carbocycles. The van der Waals surface area contributed by atoms with Crippen LogP contribution in [0.2, 0.25) is 0 Å². The molecule has 0 saturated carbocycles. The van der Waals surface area contributed by atoms with Crippen LogP contribution in [0.4, 0.5) is 13.2 Å². The fourth-order valence-electron chi connectivity index (χ4n) is 2.53. The van der Waals surface area contributed by atoms with Gasteiger partial charge in [-0.15, -0.1) is 24.0 Å². The Bertz CT molecular complexity index is 361. The van der Waals surface area contributed by atoms with Crippen molar-refractivity contribution in [3.05, 3.63) is 0 Å². The normalized spacial score (nSPS) is 18.2. The summed E-state index contributed by atoms with van der Waals surface area (Å²) in [6.07, 6.45) is -2.21. The second kappa shape index (κ2) is 12.1. The van der Waals surface area contributed by atoms with Gasteiger partial charge >= 0.3 is 6.18 Å². The first-order chi connectivity index (χ1) is 10.9. The lowest BCUT2D eigenvalue weighted by atomic mass is 10.2. The highest BCUT2D eigenvalue weighted by Crippen LogP contribution is 2.25. The molecule has 1 heterocycles. The summed E-state index contributed by atoms with van der Waals surface area (Å²) in [6, 6.07) is -1.39. The molecule has 0 spiro atoms. The zero-order valence-electron chi connectivity index (χ0n) is 14.7. The Balaban J connectivity index is 0.00000529. The highest BCUT2D eigenvalue weighted by Gasteiger charge is 2.40. The number of alkyl halides is 3. The first-order valence-corrected chi connectivity index (χ1v) is 8.24. The van der Waals surface area contributed by atoms with Crippen molar-refractivity contribution < 1.29 is 17.9 Å². The summed E-state index contributed by atoms with van der Waals surface area (Å²) in [7, 11) is 1.70. The Hall–Kier alpha value is -0.290. The molecule has 144 valence electrons. The van der Waals surface area contributed by atoms with Crippen molar-refractivity contribution in [3.8, 4) is 0 Å². The second-order valence-corrected chi connectivity index (χ2v) is 5.62. The summed E-state index contributed by atoms with van der Waals surface area (Å²) in [4.78, 5) is 7.72. The van der Waals surface area contributed by atoms with Crippen LogP contribution >= 0.6 is 24.0 Å². The van der Waals surface area contributed by atoms with Crippen molar-refractivity contribution >= 4 is 29.9 Å². The number of aliphatic imine (C=N–C) groups is 1. The van der Waals surface area contributed by atoms with E-state index < -0.39 is 12.2 Å². The molecule has 1 saturated heterocycles. The zero-order valence-corrected chi connectivity index (χ0v) is 17.1. The number of unbranched alkanes of at least 4 members (excludes halogenated alkanes) is 1. The van der Waals surface area contributed by atoms with E-state index in [2.05, 4.69) is 10.3 Å². The van der Waals surface area contributed by atoms with E-state index in [-0.39, 0.29) is 24.0 Å². The number of rotatable bonds is 7. The largest absolute Gasteiger partial charge is 0.403 e. The van der Waals surface area contributed by atoms with E-state index in [1.165, 1.54) is 11.8 Å². The highest BCUT2D eigenvalue weighted by molar-refractivity contribution is 14.0. The maximum Gasteiger partial charge on any atom is 0.403 e. The van der Waals surface area contributed by atoms with E-state index in [4.69, 9.17) is 4.74 Å². The summed E-state index contributed by atoms with van der Waals surface area (Å²) in [5.41, 5.74) is 0. The molecule has 1 aliphatic rings. The minimum Gasteiger partial charge on any atom is -0.382 e. The van der Waals surface area contributed by atoms with Gasteiger partial charge in [-0.2, -0.15) is 13.2 Å². The molecule has 0 radical (unpaired) electrons. The minimum absolute atomic E-state index is 0. The van der Waals surface area contributed by atoms with E-state index >= 15 is 0 Å². The van der Waals surface area contributed by atoms with E-state index in [9.17, 15) is 13.2 Å². The molecular formula is C15H30F3IN4O. The van der Waals surface area contributed by atoms with Crippen LogP contribution in [0.5, 0.6) is 0 Å². The molecule has 0 amide bonds. The molecule has 0 aromatic heterocycles. The average molecular weight is 466 g/mol. The lowest BCUT2D eigenvalue weighted by molar-refractivity contribution is -0.181. The molecule has 0 bridgehead atoms. The molecule has 1 unspecified atom stereocenters. The van der Waals surface area contributed by atoms with E-state index in [1.54, 1.807) is 7.05 Å². The van der Waals surface area contributed by atoms with Gasteiger partial charge in [-0.1, -0.05) is 0 Å². The van der Waals surface area contributed by atoms with Crippen LogP contribution < -0.4 is 5.32 Å². The quantitative estimate of drug-likeness (QED) is 0.271. The van der Waals surface area contributed by atoms with Crippen molar-refractivity contribution in [2.75, 3.05) is 53.0 Å². The fraction of sp³-hybridized carbons (Fsp3) is 0.933. The van der Waals surface area contributed by atoms with Gasteiger partial charge in [-0.05, 0) is 26.7 Å². The zero-order chi connectivity index (χ0) is 17.3. The number of hydrogen-bond donors (Lipinski definition) is 1. The smallest absolute Gasteiger partial charge is 0.382 e. The van der Waals surface area contributed by atoms with Crippen molar-refractivity contribution in [2.24, 2.45) is 4.99 Å². The van der Waals surface area contributed by atoms with E-state index in [1.807, 2.05) is 11.8 Å². The number of guanidine groups is 1. The lowest BCUT2D eigenvalue weighted by Crippen LogP contribution is -2.56. The van der Waals surface area contributed by atoms with Gasteiger partial charge in [0.2, 0.25) is 0 Å². The Morgan fingerprint density at radius 2 is 1.83 bits per heavy atom. The molecule has 5 nitrogen and oxygen atoms in total.